The summed E-state index contributed by atoms with van der Waals surface area (Å²) in [6, 6.07) is 41.0. The molecule has 36 heavy (non-hydrogen) atoms. The van der Waals surface area contributed by atoms with E-state index < -0.39 is 20.9 Å². The van der Waals surface area contributed by atoms with Crippen molar-refractivity contribution in [1.82, 2.24) is 0 Å². The molecule has 4 aromatic rings. The van der Waals surface area contributed by atoms with Crippen molar-refractivity contribution in [3.05, 3.63) is 121 Å². The Morgan fingerprint density at radius 2 is 1.03 bits per heavy atom. The van der Waals surface area contributed by atoms with Gasteiger partial charge >= 0.3 is 0 Å². The average Bonchev–Trinajstić information content (AvgIpc) is 3.21. The Morgan fingerprint density at radius 3 is 1.47 bits per heavy atom. The zero-order chi connectivity index (χ0) is 25.0. The van der Waals surface area contributed by atoms with Gasteiger partial charge < -0.3 is 14.0 Å². The number of rotatable bonds is 8. The first-order valence-electron chi connectivity index (χ1n) is 12.4. The van der Waals surface area contributed by atoms with Gasteiger partial charge in [0.05, 0.1) is 12.2 Å². The molecule has 1 fully saturated rings. The molecule has 0 saturated carbocycles. The van der Waals surface area contributed by atoms with Crippen LogP contribution in [0.5, 0.6) is 0 Å². The van der Waals surface area contributed by atoms with Gasteiger partial charge in [0, 0.05) is 22.9 Å². The lowest BCUT2D eigenvalue weighted by atomic mass is 10.3. The standard InChI is InChI=1S/C31H32O3P2/c1-31(2)33-29(23-35(25-15-7-3-8-16-25)26-17-9-4-10-18-26)30(34-31)24-36(32,27-19-11-5-12-20-27)28-21-13-6-14-22-28/h3-22,29-30H,23-24H2,1-2H3/t29-,30-/m1/s1. The number of hydrogen-bond donors (Lipinski definition) is 0. The van der Waals surface area contributed by atoms with Crippen molar-refractivity contribution in [2.75, 3.05) is 12.3 Å². The summed E-state index contributed by atoms with van der Waals surface area (Å²) in [5.41, 5.74) is 0. The summed E-state index contributed by atoms with van der Waals surface area (Å²) >= 11 is 0. The molecule has 0 spiro atoms. The molecular formula is C31H32O3P2. The zero-order valence-corrected chi connectivity index (χ0v) is 22.5. The van der Waals surface area contributed by atoms with Crippen molar-refractivity contribution in [2.24, 2.45) is 0 Å². The van der Waals surface area contributed by atoms with E-state index in [1.54, 1.807) is 0 Å². The Labute approximate surface area is 215 Å². The Morgan fingerprint density at radius 1 is 0.639 bits per heavy atom. The highest BCUT2D eigenvalue weighted by Gasteiger charge is 2.46. The fraction of sp³-hybridized carbons (Fsp3) is 0.226. The minimum absolute atomic E-state index is 0.174. The predicted octanol–water partition coefficient (Wildman–Crippen LogP) is 5.65. The molecular weight excluding hydrogens is 482 g/mol. The summed E-state index contributed by atoms with van der Waals surface area (Å²) in [5, 5.41) is 4.33. The fourth-order valence-electron chi connectivity index (χ4n) is 4.92. The third kappa shape index (κ3) is 5.56. The van der Waals surface area contributed by atoms with Crippen molar-refractivity contribution < 1.29 is 14.0 Å². The third-order valence-electron chi connectivity index (χ3n) is 6.57. The minimum atomic E-state index is -2.95. The normalized spacial score (nSPS) is 19.4. The van der Waals surface area contributed by atoms with Gasteiger partial charge in [-0.15, -0.1) is 0 Å². The quantitative estimate of drug-likeness (QED) is 0.285. The summed E-state index contributed by atoms with van der Waals surface area (Å²) in [7, 11) is -3.63. The van der Waals surface area contributed by atoms with E-state index in [4.69, 9.17) is 9.47 Å². The maximum Gasteiger partial charge on any atom is 0.163 e. The van der Waals surface area contributed by atoms with Crippen molar-refractivity contribution in [3.8, 4) is 0 Å². The first-order chi connectivity index (χ1) is 17.4. The molecule has 5 rings (SSSR count). The first kappa shape index (κ1) is 25.1. The highest BCUT2D eigenvalue weighted by molar-refractivity contribution is 7.78. The van der Waals surface area contributed by atoms with Gasteiger partial charge in [-0.1, -0.05) is 121 Å². The molecule has 0 N–H and O–H groups in total. The van der Waals surface area contributed by atoms with Crippen LogP contribution in [0.4, 0.5) is 0 Å². The molecule has 0 radical (unpaired) electrons. The van der Waals surface area contributed by atoms with Crippen LogP contribution in [0.25, 0.3) is 0 Å². The molecule has 1 heterocycles. The highest BCUT2D eigenvalue weighted by Crippen LogP contribution is 2.48. The number of benzene rings is 4. The van der Waals surface area contributed by atoms with E-state index >= 15 is 0 Å². The average molecular weight is 515 g/mol. The Bertz CT molecular complexity index is 1210. The van der Waals surface area contributed by atoms with E-state index in [2.05, 4.69) is 60.7 Å². The summed E-state index contributed by atoms with van der Waals surface area (Å²) in [5.74, 6) is -0.734. The molecule has 184 valence electrons. The molecule has 1 aliphatic rings. The van der Waals surface area contributed by atoms with Crippen LogP contribution < -0.4 is 21.2 Å². The largest absolute Gasteiger partial charge is 0.344 e. The molecule has 5 heteroatoms. The monoisotopic (exact) mass is 514 g/mol. The van der Waals surface area contributed by atoms with E-state index in [9.17, 15) is 4.57 Å². The van der Waals surface area contributed by atoms with Gasteiger partial charge in [-0.3, -0.25) is 0 Å². The molecule has 0 aliphatic carbocycles. The van der Waals surface area contributed by atoms with E-state index in [-0.39, 0.29) is 12.2 Å². The van der Waals surface area contributed by atoms with E-state index in [1.165, 1.54) is 10.6 Å². The second-order valence-electron chi connectivity index (χ2n) is 9.59. The van der Waals surface area contributed by atoms with E-state index in [1.807, 2.05) is 74.5 Å². The Balaban J connectivity index is 1.50. The second kappa shape index (κ2) is 10.8. The van der Waals surface area contributed by atoms with Crippen LogP contribution in [0, 0.1) is 0 Å². The lowest BCUT2D eigenvalue weighted by molar-refractivity contribution is -0.142. The van der Waals surface area contributed by atoms with Crippen LogP contribution in [0.3, 0.4) is 0 Å². The summed E-state index contributed by atoms with van der Waals surface area (Å²) in [6.45, 7) is 3.92. The van der Waals surface area contributed by atoms with Crippen LogP contribution in [0.1, 0.15) is 13.8 Å². The summed E-state index contributed by atoms with van der Waals surface area (Å²) < 4.78 is 27.8. The van der Waals surface area contributed by atoms with Crippen LogP contribution in [-0.4, -0.2) is 30.3 Å². The first-order valence-corrected chi connectivity index (χ1v) is 15.8. The predicted molar refractivity (Wildman–Crippen MR) is 152 cm³/mol. The Hall–Kier alpha value is -2.54. The maximum absolute atomic E-state index is 14.8. The SMILES string of the molecule is CC1(C)O[C@H](CP(c2ccccc2)c2ccccc2)[C@@H](CP(=O)(c2ccccc2)c2ccccc2)O1. The molecule has 1 saturated heterocycles. The molecule has 1 aliphatic heterocycles. The van der Waals surface area contributed by atoms with Crippen molar-refractivity contribution >= 4 is 36.3 Å². The van der Waals surface area contributed by atoms with Crippen LogP contribution in [0.15, 0.2) is 121 Å². The van der Waals surface area contributed by atoms with Gasteiger partial charge in [0.15, 0.2) is 5.79 Å². The van der Waals surface area contributed by atoms with Crippen molar-refractivity contribution in [1.29, 1.82) is 0 Å². The van der Waals surface area contributed by atoms with Gasteiger partial charge in [0.1, 0.15) is 7.14 Å². The van der Waals surface area contributed by atoms with Gasteiger partial charge in [0.2, 0.25) is 0 Å². The maximum atomic E-state index is 14.8. The molecule has 3 nitrogen and oxygen atoms in total. The van der Waals surface area contributed by atoms with Crippen LogP contribution in [0.2, 0.25) is 0 Å². The van der Waals surface area contributed by atoms with E-state index in [0.717, 1.165) is 16.8 Å². The molecule has 0 unspecified atom stereocenters. The summed E-state index contributed by atoms with van der Waals surface area (Å²) in [6.07, 6.45) is 0.749. The lowest BCUT2D eigenvalue weighted by Gasteiger charge is -2.27. The lowest BCUT2D eigenvalue weighted by Crippen LogP contribution is -2.34. The number of ether oxygens (including phenoxy) is 2. The van der Waals surface area contributed by atoms with E-state index in [0.29, 0.717) is 6.16 Å². The van der Waals surface area contributed by atoms with Gasteiger partial charge in [-0.05, 0) is 32.4 Å². The number of hydrogen-bond acceptors (Lipinski definition) is 3. The third-order valence-corrected chi connectivity index (χ3v) is 12.3. The minimum Gasteiger partial charge on any atom is -0.344 e. The molecule has 2 atom stereocenters. The van der Waals surface area contributed by atoms with Crippen molar-refractivity contribution in [3.63, 3.8) is 0 Å². The van der Waals surface area contributed by atoms with Crippen LogP contribution in [-0.2, 0) is 14.0 Å². The second-order valence-corrected chi connectivity index (χ2v) is 14.7. The molecule has 4 aromatic carbocycles. The summed E-state index contributed by atoms with van der Waals surface area (Å²) in [4.78, 5) is 0. The van der Waals surface area contributed by atoms with Gasteiger partial charge in [-0.2, -0.15) is 0 Å². The zero-order valence-electron chi connectivity index (χ0n) is 20.7. The topological polar surface area (TPSA) is 35.5 Å². The highest BCUT2D eigenvalue weighted by atomic mass is 31.2. The molecule has 0 amide bonds. The van der Waals surface area contributed by atoms with Crippen LogP contribution >= 0.6 is 15.1 Å². The van der Waals surface area contributed by atoms with Gasteiger partial charge in [-0.25, -0.2) is 0 Å². The molecule has 0 bridgehead atoms. The Kier molecular flexibility index (Phi) is 7.56. The fourth-order valence-corrected chi connectivity index (χ4v) is 10.2. The van der Waals surface area contributed by atoms with Gasteiger partial charge in [0.25, 0.3) is 0 Å². The van der Waals surface area contributed by atoms with Crippen molar-refractivity contribution in [2.45, 2.75) is 31.8 Å². The smallest absolute Gasteiger partial charge is 0.163 e. The molecule has 0 aromatic heterocycles.